The van der Waals surface area contributed by atoms with Crippen molar-refractivity contribution in [1.29, 1.82) is 5.26 Å². The van der Waals surface area contributed by atoms with E-state index in [0.717, 1.165) is 31.3 Å². The molecule has 1 fully saturated rings. The number of nitrogens with zero attached hydrogens (tertiary/aromatic N) is 6. The quantitative estimate of drug-likeness (QED) is 0.442. The number of anilines is 1. The first-order valence-corrected chi connectivity index (χ1v) is 13.0. The Hall–Kier alpha value is -2.76. The van der Waals surface area contributed by atoms with Crippen LogP contribution in [-0.4, -0.2) is 44.6 Å². The second kappa shape index (κ2) is 10.2. The van der Waals surface area contributed by atoms with Gasteiger partial charge in [0.2, 0.25) is 0 Å². The molecule has 1 unspecified atom stereocenters. The van der Waals surface area contributed by atoms with E-state index in [1.54, 1.807) is 19.2 Å². The Morgan fingerprint density at radius 3 is 2.41 bits per heavy atom. The van der Waals surface area contributed by atoms with Gasteiger partial charge in [0.25, 0.3) is 0 Å². The zero-order valence-electron chi connectivity index (χ0n) is 20.2. The molecule has 0 radical (unpaired) electrons. The summed E-state index contributed by atoms with van der Waals surface area (Å²) in [7, 11) is 1.70. The predicted molar refractivity (Wildman–Crippen MR) is 139 cm³/mol. The van der Waals surface area contributed by atoms with Gasteiger partial charge in [0.15, 0.2) is 5.82 Å². The van der Waals surface area contributed by atoms with Crippen molar-refractivity contribution >= 4 is 32.8 Å². The minimum absolute atomic E-state index is 0.183. The third kappa shape index (κ3) is 4.47. The van der Waals surface area contributed by atoms with E-state index in [9.17, 15) is 10.1 Å². The first-order chi connectivity index (χ1) is 16.4. The molecule has 4 rings (SSSR count). The number of pyridine rings is 1. The molecule has 0 N–H and O–H groups in total. The number of hydrogen-bond acceptors (Lipinski definition) is 6. The summed E-state index contributed by atoms with van der Waals surface area (Å²) >= 11 is 3.53. The second-order valence-electron chi connectivity index (χ2n) is 8.98. The molecule has 7 nitrogen and oxygen atoms in total. The van der Waals surface area contributed by atoms with Crippen LogP contribution in [0, 0.1) is 11.3 Å². The fourth-order valence-corrected chi connectivity index (χ4v) is 5.34. The van der Waals surface area contributed by atoms with Gasteiger partial charge in [-0.05, 0) is 43.0 Å². The van der Waals surface area contributed by atoms with Gasteiger partial charge in [-0.25, -0.2) is 9.78 Å². The molecule has 1 aliphatic heterocycles. The SMILES string of the molecule is CC[C@H]1CN(C(C)c2ccc(CBr)cc2)[C@H](CC)CN1c1nc(=O)n(C)c2ccc(C#N)nc12. The van der Waals surface area contributed by atoms with E-state index < -0.39 is 0 Å². The van der Waals surface area contributed by atoms with Crippen LogP contribution in [-0.2, 0) is 12.4 Å². The smallest absolute Gasteiger partial charge is 0.349 e. The maximum absolute atomic E-state index is 12.7. The van der Waals surface area contributed by atoms with Crippen LogP contribution in [0.5, 0.6) is 0 Å². The van der Waals surface area contributed by atoms with Gasteiger partial charge < -0.3 is 4.90 Å². The highest BCUT2D eigenvalue weighted by atomic mass is 79.9. The minimum Gasteiger partial charge on any atom is -0.349 e. The highest BCUT2D eigenvalue weighted by Gasteiger charge is 2.36. The van der Waals surface area contributed by atoms with Crippen LogP contribution in [0.2, 0.25) is 0 Å². The molecule has 0 bridgehead atoms. The summed E-state index contributed by atoms with van der Waals surface area (Å²) in [5.74, 6) is 0.592. The summed E-state index contributed by atoms with van der Waals surface area (Å²) in [6.07, 6.45) is 1.90. The minimum atomic E-state index is -0.306. The van der Waals surface area contributed by atoms with Crippen molar-refractivity contribution in [3.63, 3.8) is 0 Å². The molecule has 2 aromatic heterocycles. The Bertz CT molecular complexity index is 1270. The number of rotatable bonds is 6. The largest absolute Gasteiger partial charge is 0.349 e. The Kier molecular flexibility index (Phi) is 7.34. The van der Waals surface area contributed by atoms with Crippen LogP contribution in [0.3, 0.4) is 0 Å². The van der Waals surface area contributed by atoms with Crippen molar-refractivity contribution in [3.05, 3.63) is 63.7 Å². The highest BCUT2D eigenvalue weighted by Crippen LogP contribution is 2.33. The van der Waals surface area contributed by atoms with Gasteiger partial charge in [-0.1, -0.05) is 54.0 Å². The summed E-state index contributed by atoms with van der Waals surface area (Å²) in [5, 5.41) is 10.3. The topological polar surface area (TPSA) is 78.0 Å². The normalized spacial score (nSPS) is 19.8. The maximum atomic E-state index is 12.7. The van der Waals surface area contributed by atoms with Crippen LogP contribution in [0.1, 0.15) is 56.5 Å². The zero-order chi connectivity index (χ0) is 24.4. The molecule has 34 heavy (non-hydrogen) atoms. The molecular formula is C26H31BrN6O. The van der Waals surface area contributed by atoms with Crippen LogP contribution in [0.25, 0.3) is 11.0 Å². The number of aromatic nitrogens is 3. The third-order valence-corrected chi connectivity index (χ3v) is 7.76. The number of fused-ring (bicyclic) bond motifs is 1. The number of benzene rings is 1. The maximum Gasteiger partial charge on any atom is 0.349 e. The summed E-state index contributed by atoms with van der Waals surface area (Å²) in [6.45, 7) is 8.29. The number of aryl methyl sites for hydroxylation is 1. The lowest BCUT2D eigenvalue weighted by Crippen LogP contribution is -2.59. The summed E-state index contributed by atoms with van der Waals surface area (Å²) in [4.78, 5) is 26.6. The van der Waals surface area contributed by atoms with Gasteiger partial charge in [-0.3, -0.25) is 9.47 Å². The van der Waals surface area contributed by atoms with Crippen molar-refractivity contribution in [3.8, 4) is 6.07 Å². The Labute approximate surface area is 209 Å². The van der Waals surface area contributed by atoms with Crippen LogP contribution in [0.4, 0.5) is 5.82 Å². The van der Waals surface area contributed by atoms with Crippen LogP contribution in [0.15, 0.2) is 41.2 Å². The van der Waals surface area contributed by atoms with E-state index in [0.29, 0.717) is 28.6 Å². The lowest BCUT2D eigenvalue weighted by molar-refractivity contribution is 0.101. The molecule has 0 aliphatic carbocycles. The summed E-state index contributed by atoms with van der Waals surface area (Å²) in [5.41, 5.74) is 3.91. The van der Waals surface area contributed by atoms with Gasteiger partial charge in [0.05, 0.1) is 5.52 Å². The van der Waals surface area contributed by atoms with Crippen LogP contribution < -0.4 is 10.6 Å². The molecule has 1 saturated heterocycles. The van der Waals surface area contributed by atoms with E-state index in [1.807, 2.05) is 0 Å². The fraction of sp³-hybridized carbons (Fsp3) is 0.462. The monoisotopic (exact) mass is 522 g/mol. The molecule has 8 heteroatoms. The molecule has 0 amide bonds. The molecule has 0 saturated carbocycles. The van der Waals surface area contributed by atoms with Gasteiger partial charge in [0.1, 0.15) is 17.3 Å². The third-order valence-electron chi connectivity index (χ3n) is 7.12. The second-order valence-corrected chi connectivity index (χ2v) is 9.54. The van der Waals surface area contributed by atoms with Crippen molar-refractivity contribution in [2.45, 2.75) is 57.1 Å². The zero-order valence-corrected chi connectivity index (χ0v) is 21.8. The number of halogens is 1. The first-order valence-electron chi connectivity index (χ1n) is 11.9. The Morgan fingerprint density at radius 2 is 1.79 bits per heavy atom. The molecule has 0 spiro atoms. The van der Waals surface area contributed by atoms with E-state index in [2.05, 4.69) is 86.8 Å². The fourth-order valence-electron chi connectivity index (χ4n) is 4.97. The molecule has 178 valence electrons. The van der Waals surface area contributed by atoms with Gasteiger partial charge >= 0.3 is 5.69 Å². The van der Waals surface area contributed by atoms with Crippen molar-refractivity contribution in [2.24, 2.45) is 7.05 Å². The molecule has 1 aromatic carbocycles. The predicted octanol–water partition coefficient (Wildman–Crippen LogP) is 4.54. The highest BCUT2D eigenvalue weighted by molar-refractivity contribution is 9.08. The van der Waals surface area contributed by atoms with E-state index in [4.69, 9.17) is 0 Å². The average molecular weight is 523 g/mol. The lowest BCUT2D eigenvalue weighted by Gasteiger charge is -2.49. The van der Waals surface area contributed by atoms with Crippen molar-refractivity contribution in [2.75, 3.05) is 18.0 Å². The molecule has 1 aliphatic rings. The van der Waals surface area contributed by atoms with E-state index in [1.165, 1.54) is 15.7 Å². The number of nitriles is 1. The van der Waals surface area contributed by atoms with Crippen molar-refractivity contribution < 1.29 is 0 Å². The number of piperazine rings is 1. The lowest BCUT2D eigenvalue weighted by atomic mass is 9.96. The number of alkyl halides is 1. The molecule has 3 heterocycles. The van der Waals surface area contributed by atoms with Gasteiger partial charge in [0, 0.05) is 43.6 Å². The Morgan fingerprint density at radius 1 is 1.09 bits per heavy atom. The number of hydrogen-bond donors (Lipinski definition) is 0. The van der Waals surface area contributed by atoms with Gasteiger partial charge in [-0.2, -0.15) is 10.2 Å². The molecular weight excluding hydrogens is 492 g/mol. The summed E-state index contributed by atoms with van der Waals surface area (Å²) in [6, 6.07) is 15.1. The van der Waals surface area contributed by atoms with Crippen molar-refractivity contribution in [1.82, 2.24) is 19.4 Å². The van der Waals surface area contributed by atoms with Crippen LogP contribution >= 0.6 is 15.9 Å². The van der Waals surface area contributed by atoms with E-state index in [-0.39, 0.29) is 17.8 Å². The molecule has 3 atom stereocenters. The first kappa shape index (κ1) is 24.4. The Balaban J connectivity index is 1.73. The van der Waals surface area contributed by atoms with E-state index >= 15 is 0 Å². The molecule has 3 aromatic rings. The average Bonchev–Trinajstić information content (AvgIpc) is 2.89. The summed E-state index contributed by atoms with van der Waals surface area (Å²) < 4.78 is 1.50. The standard InChI is InChI=1S/C26H31BrN6O/c1-5-21-16-33(25-24-23(31(4)26(34)30-25)12-11-20(14-28)29-24)22(6-2)15-32(21)17(3)19-9-7-18(13-27)8-10-19/h7-12,17,21-22H,5-6,13,15-16H2,1-4H3/t17?,21-,22+/m1/s1. The van der Waals surface area contributed by atoms with Gasteiger partial charge in [-0.15, -0.1) is 0 Å².